The van der Waals surface area contributed by atoms with E-state index in [4.69, 9.17) is 0 Å². The standard InChI is InChI=1S/C18H15FN2/c1-2-13-4-3-5-14-8-9-21(18(13)14)12-16-10-17(19)7-6-15(16)11-20/h3-10H,2,12H2,1H3. The quantitative estimate of drug-likeness (QED) is 0.703. The normalized spacial score (nSPS) is 10.7. The third-order valence-electron chi connectivity index (χ3n) is 3.78. The summed E-state index contributed by atoms with van der Waals surface area (Å²) in [6.07, 6.45) is 2.94. The number of rotatable bonds is 3. The molecule has 0 spiro atoms. The van der Waals surface area contributed by atoms with Gasteiger partial charge in [0.15, 0.2) is 0 Å². The van der Waals surface area contributed by atoms with Crippen LogP contribution in [0.1, 0.15) is 23.6 Å². The first kappa shape index (κ1) is 13.4. The zero-order valence-electron chi connectivity index (χ0n) is 11.8. The van der Waals surface area contributed by atoms with Crippen molar-refractivity contribution in [3.8, 4) is 6.07 Å². The van der Waals surface area contributed by atoms with Crippen molar-refractivity contribution >= 4 is 10.9 Å². The Hall–Kier alpha value is -2.60. The summed E-state index contributed by atoms with van der Waals surface area (Å²) in [6, 6.07) is 14.7. The lowest BCUT2D eigenvalue weighted by molar-refractivity contribution is 0.623. The molecule has 0 aliphatic carbocycles. The van der Waals surface area contributed by atoms with Crippen molar-refractivity contribution in [1.29, 1.82) is 5.26 Å². The summed E-state index contributed by atoms with van der Waals surface area (Å²) >= 11 is 0. The second kappa shape index (κ2) is 5.41. The Morgan fingerprint density at radius 2 is 2.00 bits per heavy atom. The van der Waals surface area contributed by atoms with Gasteiger partial charge in [0.05, 0.1) is 17.1 Å². The monoisotopic (exact) mass is 278 g/mol. The highest BCUT2D eigenvalue weighted by molar-refractivity contribution is 5.83. The molecule has 3 aromatic rings. The van der Waals surface area contributed by atoms with Gasteiger partial charge >= 0.3 is 0 Å². The number of halogens is 1. The second-order valence-electron chi connectivity index (χ2n) is 5.07. The van der Waals surface area contributed by atoms with Gasteiger partial charge in [-0.05, 0) is 47.2 Å². The molecular formula is C18H15FN2. The fraction of sp³-hybridized carbons (Fsp3) is 0.167. The molecule has 0 aliphatic heterocycles. The smallest absolute Gasteiger partial charge is 0.123 e. The van der Waals surface area contributed by atoms with E-state index in [1.807, 2.05) is 12.3 Å². The molecule has 0 saturated heterocycles. The highest BCUT2D eigenvalue weighted by atomic mass is 19.1. The van der Waals surface area contributed by atoms with Crippen molar-refractivity contribution in [2.75, 3.05) is 0 Å². The lowest BCUT2D eigenvalue weighted by Gasteiger charge is -2.10. The van der Waals surface area contributed by atoms with Crippen molar-refractivity contribution in [2.24, 2.45) is 0 Å². The van der Waals surface area contributed by atoms with Gasteiger partial charge in [-0.2, -0.15) is 5.26 Å². The molecule has 0 amide bonds. The summed E-state index contributed by atoms with van der Waals surface area (Å²) in [5.41, 5.74) is 3.65. The minimum atomic E-state index is -0.309. The minimum absolute atomic E-state index is 0.309. The van der Waals surface area contributed by atoms with Crippen LogP contribution >= 0.6 is 0 Å². The Labute approximate surface area is 123 Å². The molecule has 0 fully saturated rings. The first-order chi connectivity index (χ1) is 10.2. The van der Waals surface area contributed by atoms with Crippen LogP contribution in [0.5, 0.6) is 0 Å². The fourth-order valence-electron chi connectivity index (χ4n) is 2.74. The van der Waals surface area contributed by atoms with Crippen LogP contribution < -0.4 is 0 Å². The molecule has 0 saturated carbocycles. The van der Waals surface area contributed by atoms with Crippen LogP contribution in [0.15, 0.2) is 48.7 Å². The molecular weight excluding hydrogens is 263 g/mol. The van der Waals surface area contributed by atoms with E-state index < -0.39 is 0 Å². The molecule has 1 heterocycles. The molecule has 0 N–H and O–H groups in total. The highest BCUT2D eigenvalue weighted by Gasteiger charge is 2.09. The largest absolute Gasteiger partial charge is 0.343 e. The van der Waals surface area contributed by atoms with Gasteiger partial charge in [-0.3, -0.25) is 0 Å². The molecule has 0 atom stereocenters. The van der Waals surface area contributed by atoms with Crippen LogP contribution in [0.3, 0.4) is 0 Å². The third kappa shape index (κ3) is 2.41. The van der Waals surface area contributed by atoms with E-state index in [-0.39, 0.29) is 5.82 Å². The molecule has 0 bridgehead atoms. The van der Waals surface area contributed by atoms with E-state index in [1.165, 1.54) is 29.1 Å². The Balaban J connectivity index is 2.11. The molecule has 21 heavy (non-hydrogen) atoms. The Morgan fingerprint density at radius 3 is 2.76 bits per heavy atom. The van der Waals surface area contributed by atoms with Crippen LogP contribution in [0.4, 0.5) is 4.39 Å². The fourth-order valence-corrected chi connectivity index (χ4v) is 2.74. The third-order valence-corrected chi connectivity index (χ3v) is 3.78. The van der Waals surface area contributed by atoms with E-state index in [2.05, 4.69) is 35.8 Å². The first-order valence-corrected chi connectivity index (χ1v) is 6.98. The number of nitrogens with zero attached hydrogens (tertiary/aromatic N) is 2. The molecule has 3 rings (SSSR count). The van der Waals surface area contributed by atoms with E-state index in [1.54, 1.807) is 0 Å². The highest BCUT2D eigenvalue weighted by Crippen LogP contribution is 2.23. The number of aromatic nitrogens is 1. The van der Waals surface area contributed by atoms with Crippen molar-refractivity contribution in [2.45, 2.75) is 19.9 Å². The predicted molar refractivity (Wildman–Crippen MR) is 81.5 cm³/mol. The SMILES string of the molecule is CCc1cccc2ccn(Cc3cc(F)ccc3C#N)c12. The average Bonchev–Trinajstić information content (AvgIpc) is 2.91. The lowest BCUT2D eigenvalue weighted by atomic mass is 10.1. The van der Waals surface area contributed by atoms with E-state index in [9.17, 15) is 9.65 Å². The van der Waals surface area contributed by atoms with Crippen LogP contribution in [0.2, 0.25) is 0 Å². The van der Waals surface area contributed by atoms with Gasteiger partial charge in [0.2, 0.25) is 0 Å². The maximum absolute atomic E-state index is 13.5. The first-order valence-electron chi connectivity index (χ1n) is 6.98. The molecule has 104 valence electrons. The van der Waals surface area contributed by atoms with Gasteiger partial charge in [-0.25, -0.2) is 4.39 Å². The minimum Gasteiger partial charge on any atom is -0.343 e. The van der Waals surface area contributed by atoms with Crippen molar-refractivity contribution in [3.63, 3.8) is 0 Å². The zero-order valence-corrected chi connectivity index (χ0v) is 11.8. The maximum Gasteiger partial charge on any atom is 0.123 e. The molecule has 2 aromatic carbocycles. The lowest BCUT2D eigenvalue weighted by Crippen LogP contribution is -2.02. The van der Waals surface area contributed by atoms with Gasteiger partial charge in [-0.1, -0.05) is 25.1 Å². The summed E-state index contributed by atoms with van der Waals surface area (Å²) in [7, 11) is 0. The second-order valence-corrected chi connectivity index (χ2v) is 5.07. The summed E-state index contributed by atoms with van der Waals surface area (Å²) in [5, 5.41) is 10.3. The zero-order chi connectivity index (χ0) is 14.8. The van der Waals surface area contributed by atoms with Gasteiger partial charge in [0, 0.05) is 12.7 Å². The van der Waals surface area contributed by atoms with E-state index in [0.29, 0.717) is 17.7 Å². The van der Waals surface area contributed by atoms with Crippen molar-refractivity contribution < 1.29 is 4.39 Å². The number of aryl methyl sites for hydroxylation is 1. The Bertz CT molecular complexity index is 840. The molecule has 2 nitrogen and oxygen atoms in total. The van der Waals surface area contributed by atoms with E-state index >= 15 is 0 Å². The molecule has 0 unspecified atom stereocenters. The van der Waals surface area contributed by atoms with E-state index in [0.717, 1.165) is 11.9 Å². The average molecular weight is 278 g/mol. The van der Waals surface area contributed by atoms with Crippen LogP contribution in [0, 0.1) is 17.1 Å². The topological polar surface area (TPSA) is 28.7 Å². The summed E-state index contributed by atoms with van der Waals surface area (Å²) in [4.78, 5) is 0. The number of hydrogen-bond donors (Lipinski definition) is 0. The number of para-hydroxylation sites is 1. The molecule has 3 heteroatoms. The molecule has 1 aromatic heterocycles. The Morgan fingerprint density at radius 1 is 1.14 bits per heavy atom. The number of nitriles is 1. The van der Waals surface area contributed by atoms with Gasteiger partial charge in [-0.15, -0.1) is 0 Å². The van der Waals surface area contributed by atoms with Crippen molar-refractivity contribution in [1.82, 2.24) is 4.57 Å². The van der Waals surface area contributed by atoms with Crippen LogP contribution in [-0.4, -0.2) is 4.57 Å². The summed E-state index contributed by atoms with van der Waals surface area (Å²) < 4.78 is 15.5. The van der Waals surface area contributed by atoms with Gasteiger partial charge < -0.3 is 4.57 Å². The van der Waals surface area contributed by atoms with Gasteiger partial charge in [0.1, 0.15) is 5.82 Å². The number of benzene rings is 2. The molecule has 0 aliphatic rings. The summed E-state index contributed by atoms with van der Waals surface area (Å²) in [6.45, 7) is 2.62. The maximum atomic E-state index is 13.5. The predicted octanol–water partition coefficient (Wildman–Crippen LogP) is 4.26. The summed E-state index contributed by atoms with van der Waals surface area (Å²) in [5.74, 6) is -0.309. The van der Waals surface area contributed by atoms with Crippen molar-refractivity contribution in [3.05, 3.63) is 71.2 Å². The number of hydrogen-bond acceptors (Lipinski definition) is 1. The van der Waals surface area contributed by atoms with Crippen LogP contribution in [-0.2, 0) is 13.0 Å². The number of fused-ring (bicyclic) bond motifs is 1. The van der Waals surface area contributed by atoms with Crippen LogP contribution in [0.25, 0.3) is 10.9 Å². The Kier molecular flexibility index (Phi) is 3.45. The molecule has 0 radical (unpaired) electrons. The van der Waals surface area contributed by atoms with Gasteiger partial charge in [0.25, 0.3) is 0 Å².